The number of likely N-dealkylation sites (N-methyl/N-ethyl adjacent to an activating group) is 1. The number of rotatable bonds is 5. The number of furan rings is 1. The van der Waals surface area contributed by atoms with Crippen LogP contribution >= 0.6 is 12.2 Å². The Bertz CT molecular complexity index is 1010. The van der Waals surface area contributed by atoms with Crippen molar-refractivity contribution in [3.8, 4) is 5.75 Å². The third kappa shape index (κ3) is 3.54. The second kappa shape index (κ2) is 7.70. The number of thiocarbonyl (C=S) groups is 1. The molecule has 0 N–H and O–H groups in total. The zero-order valence-corrected chi connectivity index (χ0v) is 16.1. The maximum Gasteiger partial charge on any atom is 0.281 e. The lowest BCUT2D eigenvalue weighted by Crippen LogP contribution is -2.31. The van der Waals surface area contributed by atoms with Gasteiger partial charge in [-0.1, -0.05) is 30.3 Å². The minimum absolute atomic E-state index is 0.193. The molecule has 0 unspecified atom stereocenters. The fourth-order valence-corrected chi connectivity index (χ4v) is 3.21. The van der Waals surface area contributed by atoms with Gasteiger partial charge in [-0.05, 0) is 54.2 Å². The first-order valence-corrected chi connectivity index (χ1v) is 9.18. The number of amides is 1. The summed E-state index contributed by atoms with van der Waals surface area (Å²) in [6, 6.07) is 20.8. The molecule has 2 aromatic carbocycles. The van der Waals surface area contributed by atoms with Gasteiger partial charge < -0.3 is 14.1 Å². The molecule has 2 heterocycles. The lowest BCUT2D eigenvalue weighted by Gasteiger charge is -2.17. The molecule has 1 saturated heterocycles. The zero-order valence-electron chi connectivity index (χ0n) is 15.2. The lowest BCUT2D eigenvalue weighted by molar-refractivity contribution is -0.114. The van der Waals surface area contributed by atoms with Crippen molar-refractivity contribution in [3.63, 3.8) is 0 Å². The highest BCUT2D eigenvalue weighted by molar-refractivity contribution is 7.80. The molecule has 0 aliphatic carbocycles. The number of carbonyl (C=O) groups is 1. The van der Waals surface area contributed by atoms with E-state index < -0.39 is 0 Å². The highest BCUT2D eigenvalue weighted by Gasteiger charge is 2.37. The molecular weight excluding hydrogens is 372 g/mol. The average Bonchev–Trinajstić information content (AvgIpc) is 3.31. The Kier molecular flexibility index (Phi) is 4.95. The minimum atomic E-state index is -0.193. The fraction of sp³-hybridized carbons (Fsp3) is 0.0909. The Morgan fingerprint density at radius 1 is 1.04 bits per heavy atom. The van der Waals surface area contributed by atoms with Crippen LogP contribution < -0.4 is 9.64 Å². The van der Waals surface area contributed by atoms with Gasteiger partial charge in [0.25, 0.3) is 5.91 Å². The molecule has 6 heteroatoms. The second-order valence-corrected chi connectivity index (χ2v) is 6.66. The monoisotopic (exact) mass is 390 g/mol. The summed E-state index contributed by atoms with van der Waals surface area (Å²) in [5.74, 6) is 1.14. The normalized spacial score (nSPS) is 15.5. The maximum atomic E-state index is 12.9. The third-order valence-electron chi connectivity index (χ3n) is 4.43. The van der Waals surface area contributed by atoms with Gasteiger partial charge in [-0.2, -0.15) is 0 Å². The van der Waals surface area contributed by atoms with Crippen LogP contribution in [0, 0.1) is 0 Å². The molecule has 1 aromatic heterocycles. The van der Waals surface area contributed by atoms with Crippen LogP contribution in [-0.4, -0.2) is 23.0 Å². The van der Waals surface area contributed by atoms with E-state index in [4.69, 9.17) is 21.4 Å². The first-order valence-electron chi connectivity index (χ1n) is 8.77. The molecule has 3 aromatic rings. The summed E-state index contributed by atoms with van der Waals surface area (Å²) in [5, 5.41) is 0.417. The van der Waals surface area contributed by atoms with Crippen LogP contribution in [0.25, 0.3) is 6.08 Å². The van der Waals surface area contributed by atoms with Crippen LogP contribution in [0.15, 0.2) is 83.1 Å². The standard InChI is InChI=1S/C22H18N2O3S/c1-23-20(14-19-8-5-13-26-19)21(25)24(22(23)28)17-9-11-18(12-10-17)27-15-16-6-3-2-4-7-16/h2-14H,15H2,1H3/b20-14+. The Balaban J connectivity index is 1.50. The zero-order chi connectivity index (χ0) is 19.5. The highest BCUT2D eigenvalue weighted by Crippen LogP contribution is 2.29. The maximum absolute atomic E-state index is 12.9. The van der Waals surface area contributed by atoms with Crippen LogP contribution in [0.3, 0.4) is 0 Å². The van der Waals surface area contributed by atoms with Crippen LogP contribution in [0.5, 0.6) is 5.75 Å². The summed E-state index contributed by atoms with van der Waals surface area (Å²) in [6.45, 7) is 0.486. The molecule has 1 fully saturated rings. The average molecular weight is 390 g/mol. The van der Waals surface area contributed by atoms with E-state index >= 15 is 0 Å². The molecule has 0 spiro atoms. The van der Waals surface area contributed by atoms with E-state index in [2.05, 4.69) is 0 Å². The van der Waals surface area contributed by atoms with E-state index in [9.17, 15) is 4.79 Å². The Hall–Kier alpha value is -3.38. The minimum Gasteiger partial charge on any atom is -0.489 e. The number of hydrogen-bond donors (Lipinski definition) is 0. The number of carbonyl (C=O) groups excluding carboxylic acids is 1. The SMILES string of the molecule is CN1C(=S)N(c2ccc(OCc3ccccc3)cc2)C(=O)/C1=C\c1ccco1. The first-order chi connectivity index (χ1) is 13.6. The van der Waals surface area contributed by atoms with Gasteiger partial charge in [0.05, 0.1) is 12.0 Å². The number of ether oxygens (including phenoxy) is 1. The fourth-order valence-electron chi connectivity index (χ4n) is 2.92. The molecule has 28 heavy (non-hydrogen) atoms. The Morgan fingerprint density at radius 3 is 2.46 bits per heavy atom. The smallest absolute Gasteiger partial charge is 0.281 e. The second-order valence-electron chi connectivity index (χ2n) is 6.30. The van der Waals surface area contributed by atoms with Gasteiger partial charge in [-0.3, -0.25) is 9.69 Å². The summed E-state index contributed by atoms with van der Waals surface area (Å²) in [7, 11) is 1.77. The molecule has 5 nitrogen and oxygen atoms in total. The topological polar surface area (TPSA) is 45.9 Å². The van der Waals surface area contributed by atoms with E-state index in [1.54, 1.807) is 36.4 Å². The number of hydrogen-bond acceptors (Lipinski definition) is 4. The Labute approximate surface area is 168 Å². The lowest BCUT2D eigenvalue weighted by atomic mass is 10.2. The van der Waals surface area contributed by atoms with Crippen LogP contribution in [0.1, 0.15) is 11.3 Å². The summed E-state index contributed by atoms with van der Waals surface area (Å²) in [5.41, 5.74) is 2.25. The van der Waals surface area contributed by atoms with Crippen molar-refractivity contribution in [2.45, 2.75) is 6.61 Å². The van der Waals surface area contributed by atoms with Crippen molar-refractivity contribution < 1.29 is 13.9 Å². The largest absolute Gasteiger partial charge is 0.489 e. The molecule has 4 rings (SSSR count). The quantitative estimate of drug-likeness (QED) is 0.475. The van der Waals surface area contributed by atoms with Gasteiger partial charge in [-0.15, -0.1) is 0 Å². The highest BCUT2D eigenvalue weighted by atomic mass is 32.1. The van der Waals surface area contributed by atoms with E-state index in [-0.39, 0.29) is 5.91 Å². The molecule has 0 atom stereocenters. The molecule has 0 radical (unpaired) electrons. The van der Waals surface area contributed by atoms with Gasteiger partial charge >= 0.3 is 0 Å². The van der Waals surface area contributed by atoms with E-state index in [0.29, 0.717) is 28.9 Å². The van der Waals surface area contributed by atoms with E-state index in [0.717, 1.165) is 11.3 Å². The van der Waals surface area contributed by atoms with Crippen molar-refractivity contribution >= 4 is 35.0 Å². The van der Waals surface area contributed by atoms with Crippen molar-refractivity contribution in [3.05, 3.63) is 90.0 Å². The van der Waals surface area contributed by atoms with Crippen molar-refractivity contribution in [2.24, 2.45) is 0 Å². The van der Waals surface area contributed by atoms with Crippen molar-refractivity contribution in [1.82, 2.24) is 4.90 Å². The van der Waals surface area contributed by atoms with Gasteiger partial charge in [0, 0.05) is 13.1 Å². The number of benzene rings is 2. The van der Waals surface area contributed by atoms with E-state index in [1.165, 1.54) is 4.90 Å². The van der Waals surface area contributed by atoms with Crippen molar-refractivity contribution in [1.29, 1.82) is 0 Å². The van der Waals surface area contributed by atoms with Gasteiger partial charge in [0.15, 0.2) is 5.11 Å². The van der Waals surface area contributed by atoms with Crippen LogP contribution in [0.4, 0.5) is 5.69 Å². The molecule has 0 saturated carbocycles. The third-order valence-corrected chi connectivity index (χ3v) is 4.88. The first kappa shape index (κ1) is 18.0. The molecule has 140 valence electrons. The molecule has 1 aliphatic heterocycles. The predicted molar refractivity (Wildman–Crippen MR) is 112 cm³/mol. The predicted octanol–water partition coefficient (Wildman–Crippen LogP) is 4.46. The van der Waals surface area contributed by atoms with Gasteiger partial charge in [0.1, 0.15) is 23.8 Å². The molecular formula is C22H18N2O3S. The Morgan fingerprint density at radius 2 is 1.79 bits per heavy atom. The van der Waals surface area contributed by atoms with Gasteiger partial charge in [0.2, 0.25) is 0 Å². The summed E-state index contributed by atoms with van der Waals surface area (Å²) in [4.78, 5) is 16.1. The van der Waals surface area contributed by atoms with Gasteiger partial charge in [-0.25, -0.2) is 0 Å². The summed E-state index contributed by atoms with van der Waals surface area (Å²) < 4.78 is 11.1. The number of nitrogens with zero attached hydrogens (tertiary/aromatic N) is 2. The van der Waals surface area contributed by atoms with E-state index in [1.807, 2.05) is 54.6 Å². The summed E-state index contributed by atoms with van der Waals surface area (Å²) >= 11 is 5.47. The molecule has 1 amide bonds. The van der Waals surface area contributed by atoms with Crippen LogP contribution in [-0.2, 0) is 11.4 Å². The summed E-state index contributed by atoms with van der Waals surface area (Å²) in [6.07, 6.45) is 3.25. The molecule has 0 bridgehead atoms. The van der Waals surface area contributed by atoms with Crippen molar-refractivity contribution in [2.75, 3.05) is 11.9 Å². The molecule has 1 aliphatic rings. The van der Waals surface area contributed by atoms with Crippen LogP contribution in [0.2, 0.25) is 0 Å². The number of anilines is 1.